The van der Waals surface area contributed by atoms with Gasteiger partial charge >= 0.3 is 0 Å². The van der Waals surface area contributed by atoms with Gasteiger partial charge in [-0.15, -0.1) is 0 Å². The Balaban J connectivity index is 2.09. The highest BCUT2D eigenvalue weighted by atomic mass is 15.4. The van der Waals surface area contributed by atoms with Gasteiger partial charge in [0.15, 0.2) is 0 Å². The van der Waals surface area contributed by atoms with Crippen LogP contribution in [0, 0.1) is 0 Å². The topological polar surface area (TPSA) is 6.48 Å². The van der Waals surface area contributed by atoms with Crippen LogP contribution in [0.4, 0.5) is 0 Å². The summed E-state index contributed by atoms with van der Waals surface area (Å²) in [5.41, 5.74) is 0. The van der Waals surface area contributed by atoms with Crippen LogP contribution in [0.5, 0.6) is 0 Å². The van der Waals surface area contributed by atoms with Gasteiger partial charge in [-0.25, -0.2) is 0 Å². The van der Waals surface area contributed by atoms with Crippen LogP contribution < -0.4 is 0 Å². The van der Waals surface area contributed by atoms with Gasteiger partial charge in [-0.05, 0) is 25.7 Å². The molecule has 280 valence electrons. The van der Waals surface area contributed by atoms with Crippen molar-refractivity contribution in [2.24, 2.45) is 0 Å². The van der Waals surface area contributed by atoms with E-state index in [-0.39, 0.29) is 0 Å². The predicted molar refractivity (Wildman–Crippen MR) is 214 cm³/mol. The first-order valence-corrected chi connectivity index (χ1v) is 22.5. The second-order valence-electron chi connectivity index (χ2n) is 15.7. The van der Waals surface area contributed by atoms with Gasteiger partial charge in [0.05, 0.1) is 0 Å². The highest BCUT2D eigenvalue weighted by molar-refractivity contribution is 4.97. The molecular weight excluding hydrogens is 569 g/mol. The lowest BCUT2D eigenvalue weighted by molar-refractivity contribution is 0.135. The zero-order valence-corrected chi connectivity index (χ0v) is 33.2. The lowest BCUT2D eigenvalue weighted by Gasteiger charge is -2.33. The van der Waals surface area contributed by atoms with E-state index >= 15 is 0 Å². The van der Waals surface area contributed by atoms with Crippen LogP contribution in [0.25, 0.3) is 0 Å². The molecule has 0 radical (unpaired) electrons. The molecule has 47 heavy (non-hydrogen) atoms. The van der Waals surface area contributed by atoms with Crippen LogP contribution in [0.15, 0.2) is 12.4 Å². The lowest BCUT2D eigenvalue weighted by Crippen LogP contribution is -2.39. The highest BCUT2D eigenvalue weighted by Crippen LogP contribution is 2.24. The minimum atomic E-state index is 0.638. The summed E-state index contributed by atoms with van der Waals surface area (Å²) in [6, 6.07) is 0. The summed E-state index contributed by atoms with van der Waals surface area (Å²) >= 11 is 0. The Hall–Kier alpha value is -0.660. The van der Waals surface area contributed by atoms with Crippen LogP contribution in [0.2, 0.25) is 0 Å². The van der Waals surface area contributed by atoms with Crippen LogP contribution >= 0.6 is 0 Å². The third-order valence-corrected chi connectivity index (χ3v) is 11.1. The molecule has 0 aromatic heterocycles. The van der Waals surface area contributed by atoms with Crippen molar-refractivity contribution < 1.29 is 0 Å². The zero-order valence-electron chi connectivity index (χ0n) is 33.2. The molecule has 0 bridgehead atoms. The molecule has 2 heteroatoms. The smallest absolute Gasteiger partial charge is 0.101 e. The van der Waals surface area contributed by atoms with Gasteiger partial charge in [-0.2, -0.15) is 0 Å². The van der Waals surface area contributed by atoms with Gasteiger partial charge in [0.2, 0.25) is 0 Å². The molecular formula is C45H90N2. The van der Waals surface area contributed by atoms with Crippen molar-refractivity contribution in [3.8, 4) is 0 Å². The van der Waals surface area contributed by atoms with Gasteiger partial charge in [0, 0.05) is 25.5 Å². The molecule has 0 N–H and O–H groups in total. The largest absolute Gasteiger partial charge is 0.356 e. The van der Waals surface area contributed by atoms with Crippen LogP contribution in [0.3, 0.4) is 0 Å². The standard InChI is InChI=1S/C45H90N2/c1-4-7-10-13-15-17-19-21-23-24-25-27-29-31-33-36-39-42-47-44-43-46(41-38-35-12-9-6-3)45(47)40-37-34-32-30-28-26-22-20-18-16-14-11-8-5-2/h43-45H,4-42H2,1-3H3. The zero-order chi connectivity index (χ0) is 33.7. The van der Waals surface area contributed by atoms with Crippen molar-refractivity contribution in [2.75, 3.05) is 13.1 Å². The fourth-order valence-corrected chi connectivity index (χ4v) is 7.78. The van der Waals surface area contributed by atoms with Gasteiger partial charge in [0.1, 0.15) is 6.17 Å². The Morgan fingerprint density at radius 1 is 0.277 bits per heavy atom. The van der Waals surface area contributed by atoms with E-state index in [2.05, 4.69) is 43.0 Å². The number of rotatable bonds is 39. The van der Waals surface area contributed by atoms with E-state index in [0.717, 1.165) is 0 Å². The number of nitrogens with zero attached hydrogens (tertiary/aromatic N) is 2. The first kappa shape index (κ1) is 44.4. The minimum absolute atomic E-state index is 0.638. The number of unbranched alkanes of at least 4 members (excludes halogenated alkanes) is 33. The maximum Gasteiger partial charge on any atom is 0.101 e. The molecule has 2 nitrogen and oxygen atoms in total. The van der Waals surface area contributed by atoms with E-state index in [4.69, 9.17) is 0 Å². The van der Waals surface area contributed by atoms with Crippen LogP contribution in [-0.2, 0) is 0 Å². The molecule has 0 aliphatic carbocycles. The van der Waals surface area contributed by atoms with E-state index in [9.17, 15) is 0 Å². The average Bonchev–Trinajstić information content (AvgIpc) is 3.47. The minimum Gasteiger partial charge on any atom is -0.356 e. The van der Waals surface area contributed by atoms with E-state index in [1.165, 1.54) is 251 Å². The maximum absolute atomic E-state index is 2.72. The summed E-state index contributed by atoms with van der Waals surface area (Å²) in [6.45, 7) is 9.48. The Morgan fingerprint density at radius 2 is 0.489 bits per heavy atom. The molecule has 0 saturated heterocycles. The Morgan fingerprint density at radius 3 is 0.745 bits per heavy atom. The van der Waals surface area contributed by atoms with Gasteiger partial charge in [-0.3, -0.25) is 0 Å². The fraction of sp³-hybridized carbons (Fsp3) is 0.956. The molecule has 1 heterocycles. The third-order valence-electron chi connectivity index (χ3n) is 11.1. The van der Waals surface area contributed by atoms with Crippen molar-refractivity contribution in [3.63, 3.8) is 0 Å². The van der Waals surface area contributed by atoms with Crippen LogP contribution in [0.1, 0.15) is 258 Å². The van der Waals surface area contributed by atoms with E-state index in [1.807, 2.05) is 0 Å². The molecule has 0 amide bonds. The van der Waals surface area contributed by atoms with Crippen molar-refractivity contribution in [2.45, 2.75) is 265 Å². The molecule has 1 rings (SSSR count). The van der Waals surface area contributed by atoms with Gasteiger partial charge in [-0.1, -0.05) is 233 Å². The molecule has 1 aliphatic heterocycles. The molecule has 1 unspecified atom stereocenters. The Bertz CT molecular complexity index is 615. The number of hydrogen-bond donors (Lipinski definition) is 0. The Labute approximate surface area is 299 Å². The van der Waals surface area contributed by atoms with Crippen molar-refractivity contribution in [1.29, 1.82) is 0 Å². The highest BCUT2D eigenvalue weighted by Gasteiger charge is 2.24. The molecule has 0 saturated carbocycles. The summed E-state index contributed by atoms with van der Waals surface area (Å²) < 4.78 is 0. The van der Waals surface area contributed by atoms with E-state index in [0.29, 0.717) is 6.17 Å². The van der Waals surface area contributed by atoms with Crippen LogP contribution in [-0.4, -0.2) is 29.1 Å². The third kappa shape index (κ3) is 28.8. The molecule has 0 aromatic carbocycles. The van der Waals surface area contributed by atoms with Gasteiger partial charge < -0.3 is 9.80 Å². The van der Waals surface area contributed by atoms with Crippen molar-refractivity contribution in [3.05, 3.63) is 12.4 Å². The van der Waals surface area contributed by atoms with E-state index in [1.54, 1.807) is 0 Å². The normalized spacial score (nSPS) is 14.7. The summed E-state index contributed by atoms with van der Waals surface area (Å²) in [5, 5.41) is 0. The number of hydrogen-bond acceptors (Lipinski definition) is 2. The second-order valence-corrected chi connectivity index (χ2v) is 15.7. The second kappa shape index (κ2) is 36.6. The van der Waals surface area contributed by atoms with Gasteiger partial charge in [0.25, 0.3) is 0 Å². The summed E-state index contributed by atoms with van der Waals surface area (Å²) in [4.78, 5) is 5.43. The molecule has 1 atom stereocenters. The predicted octanol–water partition coefficient (Wildman–Crippen LogP) is 15.9. The summed E-state index contributed by atoms with van der Waals surface area (Å²) in [7, 11) is 0. The average molecular weight is 659 g/mol. The summed E-state index contributed by atoms with van der Waals surface area (Å²) in [6.07, 6.45) is 58.9. The lowest BCUT2D eigenvalue weighted by atomic mass is 10.0. The van der Waals surface area contributed by atoms with Crippen molar-refractivity contribution in [1.82, 2.24) is 9.80 Å². The molecule has 0 fully saturated rings. The fourth-order valence-electron chi connectivity index (χ4n) is 7.78. The quantitative estimate of drug-likeness (QED) is 0.0606. The molecule has 0 spiro atoms. The van der Waals surface area contributed by atoms with Crippen molar-refractivity contribution >= 4 is 0 Å². The Kier molecular flexibility index (Phi) is 34.6. The molecule has 0 aromatic rings. The first-order chi connectivity index (χ1) is 23.3. The first-order valence-electron chi connectivity index (χ1n) is 22.5. The summed E-state index contributed by atoms with van der Waals surface area (Å²) in [5.74, 6) is 0. The van der Waals surface area contributed by atoms with E-state index < -0.39 is 0 Å². The monoisotopic (exact) mass is 659 g/mol. The SMILES string of the molecule is CCCCCCCCCCCCCCCCCCCN1C=CN(CCCCCCC)C1CCCCCCCCCCCCCCCC. The molecule has 1 aliphatic rings. The maximum atomic E-state index is 2.72.